The first-order valence-corrected chi connectivity index (χ1v) is 12.4. The van der Waals surface area contributed by atoms with Gasteiger partial charge >= 0.3 is 0 Å². The van der Waals surface area contributed by atoms with Crippen LogP contribution >= 0.6 is 0 Å². The predicted octanol–water partition coefficient (Wildman–Crippen LogP) is 1.75. The van der Waals surface area contributed by atoms with Gasteiger partial charge in [-0.15, -0.1) is 0 Å². The molecule has 1 aliphatic heterocycles. The van der Waals surface area contributed by atoms with E-state index in [4.69, 9.17) is 5.73 Å². The number of aliphatic hydroxyl groups is 1. The van der Waals surface area contributed by atoms with Gasteiger partial charge in [-0.1, -0.05) is 42.5 Å². The standard InChI is InChI=1S/C28H31FN4O4/c29-22-11-9-20(10-12-22)28(37)33-13-3-6-25(33)27(36)32-24(26(35)31-17-23(34)16-30)15-18-7-8-19-4-1-2-5-21(19)14-18/h1-2,4-5,7-12,14,23-25,34H,3,6,13,15-17,30H2,(H,31,35)(H,32,36). The van der Waals surface area contributed by atoms with E-state index in [1.54, 1.807) is 0 Å². The van der Waals surface area contributed by atoms with Gasteiger partial charge in [0.1, 0.15) is 17.9 Å². The van der Waals surface area contributed by atoms with Crippen LogP contribution in [0.1, 0.15) is 28.8 Å². The Kier molecular flexibility index (Phi) is 8.47. The van der Waals surface area contributed by atoms with E-state index in [1.165, 1.54) is 29.2 Å². The lowest BCUT2D eigenvalue weighted by atomic mass is 10.0. The largest absolute Gasteiger partial charge is 0.390 e. The number of likely N-dealkylation sites (tertiary alicyclic amines) is 1. The van der Waals surface area contributed by atoms with Gasteiger partial charge in [-0.3, -0.25) is 14.4 Å². The number of nitrogens with zero attached hydrogens (tertiary/aromatic N) is 1. The molecule has 3 amide bonds. The van der Waals surface area contributed by atoms with Gasteiger partial charge < -0.3 is 26.4 Å². The molecule has 1 fully saturated rings. The Hall–Kier alpha value is -3.82. The Labute approximate surface area is 214 Å². The van der Waals surface area contributed by atoms with E-state index < -0.39 is 35.8 Å². The van der Waals surface area contributed by atoms with Crippen molar-refractivity contribution in [1.82, 2.24) is 15.5 Å². The van der Waals surface area contributed by atoms with Gasteiger partial charge in [-0.25, -0.2) is 4.39 Å². The molecule has 3 atom stereocenters. The van der Waals surface area contributed by atoms with Gasteiger partial charge in [-0.05, 0) is 53.4 Å². The number of carbonyl (C=O) groups excluding carboxylic acids is 3. The fraction of sp³-hybridized carbons (Fsp3) is 0.321. The van der Waals surface area contributed by atoms with Gasteiger partial charge in [-0.2, -0.15) is 0 Å². The van der Waals surface area contributed by atoms with Crippen molar-refractivity contribution in [3.05, 3.63) is 83.7 Å². The molecule has 8 nitrogen and oxygen atoms in total. The zero-order valence-electron chi connectivity index (χ0n) is 20.4. The second-order valence-corrected chi connectivity index (χ2v) is 9.24. The highest BCUT2D eigenvalue weighted by atomic mass is 19.1. The SMILES string of the molecule is NCC(O)CNC(=O)C(Cc1ccc2ccccc2c1)NC(=O)C1CCCN1C(=O)c1ccc(F)cc1. The molecule has 1 heterocycles. The van der Waals surface area contributed by atoms with Gasteiger partial charge in [0.05, 0.1) is 6.10 Å². The van der Waals surface area contributed by atoms with Crippen LogP contribution in [0.15, 0.2) is 66.7 Å². The van der Waals surface area contributed by atoms with Gasteiger partial charge in [0, 0.05) is 31.6 Å². The molecule has 0 spiro atoms. The second kappa shape index (κ2) is 11.9. The molecule has 0 radical (unpaired) electrons. The minimum absolute atomic E-state index is 0.00941. The summed E-state index contributed by atoms with van der Waals surface area (Å²) in [5.74, 6) is -1.70. The molecule has 0 bridgehead atoms. The lowest BCUT2D eigenvalue weighted by Gasteiger charge is -2.27. The monoisotopic (exact) mass is 506 g/mol. The Morgan fingerprint density at radius 3 is 2.51 bits per heavy atom. The summed E-state index contributed by atoms with van der Waals surface area (Å²) in [5.41, 5.74) is 6.59. The first-order valence-electron chi connectivity index (χ1n) is 12.4. The van der Waals surface area contributed by atoms with Crippen LogP contribution in [-0.4, -0.2) is 65.5 Å². The van der Waals surface area contributed by atoms with Crippen LogP contribution in [0.5, 0.6) is 0 Å². The van der Waals surface area contributed by atoms with E-state index in [0.717, 1.165) is 16.3 Å². The lowest BCUT2D eigenvalue weighted by Crippen LogP contribution is -2.54. The molecular weight excluding hydrogens is 475 g/mol. The van der Waals surface area contributed by atoms with Gasteiger partial charge in [0.25, 0.3) is 5.91 Å². The number of amides is 3. The number of carbonyl (C=O) groups is 3. The van der Waals surface area contributed by atoms with Crippen LogP contribution in [0.2, 0.25) is 0 Å². The van der Waals surface area contributed by atoms with Crippen LogP contribution in [-0.2, 0) is 16.0 Å². The molecule has 3 aromatic rings. The summed E-state index contributed by atoms with van der Waals surface area (Å²) in [4.78, 5) is 40.9. The Morgan fingerprint density at radius 1 is 1.05 bits per heavy atom. The van der Waals surface area contributed by atoms with Crippen molar-refractivity contribution in [2.75, 3.05) is 19.6 Å². The van der Waals surface area contributed by atoms with Gasteiger partial charge in [0.15, 0.2) is 0 Å². The van der Waals surface area contributed by atoms with Crippen molar-refractivity contribution in [2.45, 2.75) is 37.5 Å². The first kappa shape index (κ1) is 26.2. The summed E-state index contributed by atoms with van der Waals surface area (Å²) in [6, 6.07) is 17.2. The Balaban J connectivity index is 1.51. The van der Waals surface area contributed by atoms with E-state index in [0.29, 0.717) is 24.9 Å². The number of fused-ring (bicyclic) bond motifs is 1. The zero-order chi connectivity index (χ0) is 26.4. The molecule has 0 aliphatic carbocycles. The predicted molar refractivity (Wildman–Crippen MR) is 138 cm³/mol. The molecule has 5 N–H and O–H groups in total. The highest BCUT2D eigenvalue weighted by molar-refractivity contribution is 5.98. The highest BCUT2D eigenvalue weighted by Gasteiger charge is 2.36. The van der Waals surface area contributed by atoms with Crippen LogP contribution in [0.3, 0.4) is 0 Å². The third kappa shape index (κ3) is 6.49. The normalized spacial score (nSPS) is 16.8. The summed E-state index contributed by atoms with van der Waals surface area (Å²) >= 11 is 0. The topological polar surface area (TPSA) is 125 Å². The number of halogens is 1. The van der Waals surface area contributed by atoms with Crippen molar-refractivity contribution < 1.29 is 23.9 Å². The van der Waals surface area contributed by atoms with E-state index in [9.17, 15) is 23.9 Å². The second-order valence-electron chi connectivity index (χ2n) is 9.24. The summed E-state index contributed by atoms with van der Waals surface area (Å²) in [6.07, 6.45) is 0.406. The summed E-state index contributed by atoms with van der Waals surface area (Å²) in [6.45, 7) is 0.334. The maximum atomic E-state index is 13.3. The third-order valence-electron chi connectivity index (χ3n) is 6.58. The maximum Gasteiger partial charge on any atom is 0.254 e. The number of hydrogen-bond donors (Lipinski definition) is 4. The van der Waals surface area contributed by atoms with E-state index in [-0.39, 0.29) is 25.4 Å². The molecule has 0 saturated carbocycles. The van der Waals surface area contributed by atoms with Crippen LogP contribution in [0, 0.1) is 5.82 Å². The van der Waals surface area contributed by atoms with Crippen LogP contribution in [0.4, 0.5) is 4.39 Å². The molecule has 4 rings (SSSR count). The maximum absolute atomic E-state index is 13.3. The quantitative estimate of drug-likeness (QED) is 0.352. The fourth-order valence-electron chi connectivity index (χ4n) is 4.54. The van der Waals surface area contributed by atoms with Crippen molar-refractivity contribution in [1.29, 1.82) is 0 Å². The average molecular weight is 507 g/mol. The molecule has 3 aromatic carbocycles. The lowest BCUT2D eigenvalue weighted by molar-refractivity contribution is -0.131. The first-order chi connectivity index (χ1) is 17.9. The average Bonchev–Trinajstić information content (AvgIpc) is 3.41. The molecule has 3 unspecified atom stereocenters. The number of rotatable bonds is 9. The van der Waals surface area contributed by atoms with Crippen molar-refractivity contribution in [3.8, 4) is 0 Å². The molecule has 37 heavy (non-hydrogen) atoms. The third-order valence-corrected chi connectivity index (χ3v) is 6.58. The summed E-state index contributed by atoms with van der Waals surface area (Å²) < 4.78 is 13.3. The number of nitrogens with one attached hydrogen (secondary N) is 2. The number of hydrogen-bond acceptors (Lipinski definition) is 5. The smallest absolute Gasteiger partial charge is 0.254 e. The molecule has 1 saturated heterocycles. The van der Waals surface area contributed by atoms with Crippen molar-refractivity contribution in [2.24, 2.45) is 5.73 Å². The van der Waals surface area contributed by atoms with E-state index >= 15 is 0 Å². The summed E-state index contributed by atoms with van der Waals surface area (Å²) in [5, 5.41) is 17.3. The Morgan fingerprint density at radius 2 is 1.78 bits per heavy atom. The number of nitrogens with two attached hydrogens (primary N) is 1. The minimum Gasteiger partial charge on any atom is -0.390 e. The van der Waals surface area contributed by atoms with Crippen LogP contribution in [0.25, 0.3) is 10.8 Å². The molecular formula is C28H31FN4O4. The molecule has 1 aliphatic rings. The van der Waals surface area contributed by atoms with E-state index in [2.05, 4.69) is 10.6 Å². The number of benzene rings is 3. The highest BCUT2D eigenvalue weighted by Crippen LogP contribution is 2.22. The van der Waals surface area contributed by atoms with Crippen molar-refractivity contribution in [3.63, 3.8) is 0 Å². The summed E-state index contributed by atoms with van der Waals surface area (Å²) in [7, 11) is 0. The van der Waals surface area contributed by atoms with Crippen LogP contribution < -0.4 is 16.4 Å². The molecule has 0 aromatic heterocycles. The fourth-order valence-corrected chi connectivity index (χ4v) is 4.54. The number of aliphatic hydroxyl groups excluding tert-OH is 1. The zero-order valence-corrected chi connectivity index (χ0v) is 20.4. The minimum atomic E-state index is -0.929. The molecule has 194 valence electrons. The molecule has 9 heteroatoms. The van der Waals surface area contributed by atoms with Crippen molar-refractivity contribution >= 4 is 28.5 Å². The Bertz CT molecular complexity index is 1270. The van der Waals surface area contributed by atoms with E-state index in [1.807, 2.05) is 42.5 Å². The van der Waals surface area contributed by atoms with Gasteiger partial charge in [0.2, 0.25) is 11.8 Å².